The largest absolute Gasteiger partial charge is 0.297 e. The molecular formula is C18H29N3. The summed E-state index contributed by atoms with van der Waals surface area (Å²) >= 11 is 0. The molecule has 0 bridgehead atoms. The number of nitriles is 1. The molecule has 1 saturated heterocycles. The molecule has 0 aromatic rings. The smallest absolute Gasteiger partial charge is 0.122 e. The van der Waals surface area contributed by atoms with Gasteiger partial charge in [-0.05, 0) is 69.7 Å². The summed E-state index contributed by atoms with van der Waals surface area (Å²) in [6.45, 7) is 2.22. The zero-order valence-corrected chi connectivity index (χ0v) is 13.2. The van der Waals surface area contributed by atoms with Gasteiger partial charge in [0.15, 0.2) is 0 Å². The summed E-state index contributed by atoms with van der Waals surface area (Å²) in [7, 11) is 0. The van der Waals surface area contributed by atoms with Crippen molar-refractivity contribution in [3.05, 3.63) is 0 Å². The third-order valence-electron chi connectivity index (χ3n) is 6.32. The van der Waals surface area contributed by atoms with E-state index in [0.717, 1.165) is 18.5 Å². The third-order valence-corrected chi connectivity index (χ3v) is 6.32. The summed E-state index contributed by atoms with van der Waals surface area (Å²) in [6, 6.07) is 4.15. The second-order valence-corrected chi connectivity index (χ2v) is 8.00. The topological polar surface area (TPSA) is 39.1 Å². The molecule has 0 radical (unpaired) electrons. The Morgan fingerprint density at radius 2 is 1.76 bits per heavy atom. The first kappa shape index (κ1) is 14.0. The maximum absolute atomic E-state index is 9.95. The Balaban J connectivity index is 1.49. The number of likely N-dealkylation sites (tertiary alicyclic amines) is 1. The van der Waals surface area contributed by atoms with Gasteiger partial charge >= 0.3 is 0 Å². The monoisotopic (exact) mass is 287 g/mol. The molecule has 3 saturated carbocycles. The molecule has 0 amide bonds. The summed E-state index contributed by atoms with van der Waals surface area (Å²) in [5, 5.41) is 13.7. The van der Waals surface area contributed by atoms with E-state index in [9.17, 15) is 5.26 Å². The van der Waals surface area contributed by atoms with Gasteiger partial charge in [-0.3, -0.25) is 10.2 Å². The van der Waals surface area contributed by atoms with Crippen molar-refractivity contribution >= 4 is 0 Å². The first-order valence-corrected chi connectivity index (χ1v) is 9.24. The van der Waals surface area contributed by atoms with Crippen LogP contribution in [0.25, 0.3) is 0 Å². The van der Waals surface area contributed by atoms with Crippen molar-refractivity contribution in [3.8, 4) is 6.07 Å². The molecule has 3 atom stereocenters. The number of hydrogen-bond acceptors (Lipinski definition) is 3. The number of fused-ring (bicyclic) bond motifs is 1. The van der Waals surface area contributed by atoms with Gasteiger partial charge in [-0.1, -0.05) is 12.8 Å². The molecule has 21 heavy (non-hydrogen) atoms. The number of piperidine rings is 1. The highest BCUT2D eigenvalue weighted by atomic mass is 15.2. The Labute approximate surface area is 129 Å². The first-order valence-electron chi connectivity index (χ1n) is 9.24. The Morgan fingerprint density at radius 3 is 2.48 bits per heavy atom. The van der Waals surface area contributed by atoms with Gasteiger partial charge in [0.1, 0.15) is 5.54 Å². The molecule has 1 N–H and O–H groups in total. The van der Waals surface area contributed by atoms with E-state index in [4.69, 9.17) is 0 Å². The molecule has 0 aromatic carbocycles. The molecule has 0 spiro atoms. The van der Waals surface area contributed by atoms with Gasteiger partial charge in [0.05, 0.1) is 6.07 Å². The number of nitrogens with zero attached hydrogens (tertiary/aromatic N) is 2. The number of rotatable bonds is 5. The lowest BCUT2D eigenvalue weighted by atomic mass is 9.77. The van der Waals surface area contributed by atoms with Gasteiger partial charge in [-0.2, -0.15) is 5.26 Å². The summed E-state index contributed by atoms with van der Waals surface area (Å²) in [5.74, 6) is 1.54. The predicted octanol–water partition coefficient (Wildman–Crippen LogP) is 3.07. The maximum atomic E-state index is 9.95. The molecule has 1 heterocycles. The Hall–Kier alpha value is -0.590. The minimum Gasteiger partial charge on any atom is -0.297 e. The normalized spacial score (nSPS) is 36.5. The lowest BCUT2D eigenvalue weighted by Gasteiger charge is -2.47. The van der Waals surface area contributed by atoms with E-state index in [-0.39, 0.29) is 5.54 Å². The van der Waals surface area contributed by atoms with Crippen molar-refractivity contribution in [2.24, 2.45) is 11.8 Å². The molecule has 4 aliphatic rings. The van der Waals surface area contributed by atoms with Crippen LogP contribution >= 0.6 is 0 Å². The molecule has 4 fully saturated rings. The van der Waals surface area contributed by atoms with Crippen LogP contribution in [0.15, 0.2) is 0 Å². The van der Waals surface area contributed by atoms with Crippen LogP contribution in [0.2, 0.25) is 0 Å². The summed E-state index contributed by atoms with van der Waals surface area (Å²) in [5.41, 5.74) is -0.236. The van der Waals surface area contributed by atoms with Gasteiger partial charge < -0.3 is 0 Å². The van der Waals surface area contributed by atoms with Gasteiger partial charge in [0.2, 0.25) is 0 Å². The van der Waals surface area contributed by atoms with Crippen molar-refractivity contribution in [2.75, 3.05) is 13.1 Å². The minimum atomic E-state index is -0.236. The van der Waals surface area contributed by atoms with Crippen LogP contribution < -0.4 is 5.32 Å². The van der Waals surface area contributed by atoms with E-state index in [2.05, 4.69) is 16.3 Å². The van der Waals surface area contributed by atoms with E-state index < -0.39 is 0 Å². The van der Waals surface area contributed by atoms with Gasteiger partial charge in [0.25, 0.3) is 0 Å². The Kier molecular flexibility index (Phi) is 3.71. The quantitative estimate of drug-likeness (QED) is 0.844. The SMILES string of the molecule is N#CC(CN1CCCC2CCCCC21)(NC1CC1)C1CC1. The highest BCUT2D eigenvalue weighted by Gasteiger charge is 2.50. The predicted molar refractivity (Wildman–Crippen MR) is 83.8 cm³/mol. The van der Waals surface area contributed by atoms with E-state index in [1.165, 1.54) is 70.8 Å². The Morgan fingerprint density at radius 1 is 1.00 bits per heavy atom. The molecule has 3 unspecified atom stereocenters. The van der Waals surface area contributed by atoms with Gasteiger partial charge in [-0.15, -0.1) is 0 Å². The molecular weight excluding hydrogens is 258 g/mol. The van der Waals surface area contributed by atoms with Crippen molar-refractivity contribution in [1.29, 1.82) is 5.26 Å². The highest BCUT2D eigenvalue weighted by molar-refractivity contribution is 5.19. The second-order valence-electron chi connectivity index (χ2n) is 8.00. The van der Waals surface area contributed by atoms with Crippen LogP contribution in [0, 0.1) is 23.2 Å². The molecule has 3 aliphatic carbocycles. The zero-order valence-electron chi connectivity index (χ0n) is 13.2. The van der Waals surface area contributed by atoms with Gasteiger partial charge in [0, 0.05) is 18.6 Å². The average molecular weight is 287 g/mol. The van der Waals surface area contributed by atoms with E-state index >= 15 is 0 Å². The van der Waals surface area contributed by atoms with Crippen molar-refractivity contribution in [1.82, 2.24) is 10.2 Å². The van der Waals surface area contributed by atoms with E-state index in [1.807, 2.05) is 0 Å². The minimum absolute atomic E-state index is 0.236. The van der Waals surface area contributed by atoms with Crippen molar-refractivity contribution < 1.29 is 0 Å². The van der Waals surface area contributed by atoms with Crippen molar-refractivity contribution in [2.45, 2.75) is 81.8 Å². The summed E-state index contributed by atoms with van der Waals surface area (Å²) in [6.07, 6.45) is 13.5. The Bertz CT molecular complexity index is 419. The highest BCUT2D eigenvalue weighted by Crippen LogP contribution is 2.43. The lowest BCUT2D eigenvalue weighted by Crippen LogP contribution is -2.59. The summed E-state index contributed by atoms with van der Waals surface area (Å²) in [4.78, 5) is 2.71. The fourth-order valence-electron chi connectivity index (χ4n) is 4.86. The molecule has 3 nitrogen and oxygen atoms in total. The molecule has 116 valence electrons. The standard InChI is InChI=1S/C18H29N3/c19-12-18(15-7-8-15,20-16-9-10-16)13-21-11-3-5-14-4-1-2-6-17(14)21/h14-17,20H,1-11,13H2. The molecule has 3 heteroatoms. The lowest BCUT2D eigenvalue weighted by molar-refractivity contribution is 0.0406. The van der Waals surface area contributed by atoms with E-state index in [0.29, 0.717) is 12.0 Å². The van der Waals surface area contributed by atoms with Crippen molar-refractivity contribution in [3.63, 3.8) is 0 Å². The van der Waals surface area contributed by atoms with Crippen LogP contribution in [0.1, 0.15) is 64.2 Å². The molecule has 4 rings (SSSR count). The number of nitrogens with one attached hydrogen (secondary N) is 1. The molecule has 0 aromatic heterocycles. The average Bonchev–Trinajstić information content (AvgIpc) is 3.39. The fourth-order valence-corrected chi connectivity index (χ4v) is 4.86. The van der Waals surface area contributed by atoms with Crippen LogP contribution in [0.3, 0.4) is 0 Å². The summed E-state index contributed by atoms with van der Waals surface area (Å²) < 4.78 is 0. The van der Waals surface area contributed by atoms with Crippen LogP contribution in [-0.2, 0) is 0 Å². The second kappa shape index (κ2) is 5.56. The van der Waals surface area contributed by atoms with Crippen LogP contribution in [0.5, 0.6) is 0 Å². The fraction of sp³-hybridized carbons (Fsp3) is 0.944. The first-order chi connectivity index (χ1) is 10.3. The third kappa shape index (κ3) is 2.85. The maximum Gasteiger partial charge on any atom is 0.122 e. The van der Waals surface area contributed by atoms with Crippen LogP contribution in [0.4, 0.5) is 0 Å². The van der Waals surface area contributed by atoms with Crippen LogP contribution in [-0.4, -0.2) is 35.6 Å². The zero-order chi connectivity index (χ0) is 14.3. The van der Waals surface area contributed by atoms with E-state index in [1.54, 1.807) is 0 Å². The molecule has 1 aliphatic heterocycles. The number of hydrogen-bond donors (Lipinski definition) is 1. The van der Waals surface area contributed by atoms with Gasteiger partial charge in [-0.25, -0.2) is 0 Å².